The molecule has 0 aliphatic carbocycles. The number of Topliss-reactive ketones (excluding diaryl/α,β-unsaturated/α-hetero) is 1. The van der Waals surface area contributed by atoms with Gasteiger partial charge in [-0.15, -0.1) is 10.2 Å². The highest BCUT2D eigenvalue weighted by Crippen LogP contribution is 2.36. The van der Waals surface area contributed by atoms with Crippen LogP contribution in [0.2, 0.25) is 0 Å². The van der Waals surface area contributed by atoms with Gasteiger partial charge in [-0.05, 0) is 31.5 Å². The smallest absolute Gasteiger partial charge is 0.319 e. The van der Waals surface area contributed by atoms with Crippen LogP contribution in [0.1, 0.15) is 55.8 Å². The minimum atomic E-state index is -0.474. The fourth-order valence-corrected chi connectivity index (χ4v) is 2.68. The second kappa shape index (κ2) is 7.15. The Kier molecular flexibility index (Phi) is 4.92. The number of nitrogens with zero attached hydrogens (tertiary/aromatic N) is 2. The third kappa shape index (κ3) is 3.84. The highest BCUT2D eigenvalue weighted by molar-refractivity contribution is 6.02. The lowest BCUT2D eigenvalue weighted by molar-refractivity contribution is 0.0499. The van der Waals surface area contributed by atoms with Crippen molar-refractivity contribution in [2.75, 3.05) is 5.32 Å². The normalized spacial score (nSPS) is 18.8. The van der Waals surface area contributed by atoms with Gasteiger partial charge < -0.3 is 19.8 Å². The molecule has 1 aliphatic rings. The van der Waals surface area contributed by atoms with E-state index in [0.717, 1.165) is 6.42 Å². The summed E-state index contributed by atoms with van der Waals surface area (Å²) in [6.07, 6.45) is 1.71. The molecule has 1 aromatic heterocycles. The van der Waals surface area contributed by atoms with Gasteiger partial charge in [0.2, 0.25) is 11.8 Å². The molecule has 0 radical (unpaired) electrons. The van der Waals surface area contributed by atoms with Crippen LogP contribution in [0.4, 0.5) is 10.5 Å². The Balaban J connectivity index is 1.63. The van der Waals surface area contributed by atoms with Crippen molar-refractivity contribution >= 4 is 17.5 Å². The first-order valence-electron chi connectivity index (χ1n) is 8.65. The van der Waals surface area contributed by atoms with Gasteiger partial charge in [-0.1, -0.05) is 13.8 Å². The molecule has 1 atom stereocenters. The summed E-state index contributed by atoms with van der Waals surface area (Å²) in [6.45, 7) is 5.95. The van der Waals surface area contributed by atoms with E-state index in [-0.39, 0.29) is 12.3 Å². The van der Waals surface area contributed by atoms with Gasteiger partial charge in [0.25, 0.3) is 0 Å². The van der Waals surface area contributed by atoms with Crippen LogP contribution < -0.4 is 15.4 Å². The number of fused-ring (bicyclic) bond motifs is 1. The van der Waals surface area contributed by atoms with Gasteiger partial charge in [-0.25, -0.2) is 4.79 Å². The predicted octanol–water partition coefficient (Wildman–Crippen LogP) is 3.09. The van der Waals surface area contributed by atoms with Gasteiger partial charge in [0.15, 0.2) is 5.78 Å². The summed E-state index contributed by atoms with van der Waals surface area (Å²) in [4.78, 5) is 24.4. The van der Waals surface area contributed by atoms with Crippen molar-refractivity contribution < 1.29 is 18.7 Å². The Morgan fingerprint density at radius 3 is 2.73 bits per heavy atom. The molecule has 3 rings (SSSR count). The van der Waals surface area contributed by atoms with Crippen molar-refractivity contribution in [3.05, 3.63) is 35.5 Å². The molecule has 0 unspecified atom stereocenters. The number of rotatable bonds is 5. The maximum atomic E-state index is 12.4. The van der Waals surface area contributed by atoms with E-state index in [1.165, 1.54) is 0 Å². The van der Waals surface area contributed by atoms with Gasteiger partial charge in [-0.2, -0.15) is 0 Å². The third-order valence-corrected chi connectivity index (χ3v) is 4.39. The monoisotopic (exact) mass is 358 g/mol. The van der Waals surface area contributed by atoms with Crippen LogP contribution in [0.5, 0.6) is 5.75 Å². The van der Waals surface area contributed by atoms with Crippen LogP contribution in [0.25, 0.3) is 0 Å². The summed E-state index contributed by atoms with van der Waals surface area (Å²) in [6, 6.07) is 4.62. The molecule has 0 saturated heterocycles. The molecule has 2 N–H and O–H groups in total. The molecule has 2 amide bonds. The molecule has 0 fully saturated rings. The number of aryl methyl sites for hydroxylation is 1. The maximum absolute atomic E-state index is 12.4. The first kappa shape index (κ1) is 17.9. The number of carbonyl (C=O) groups is 2. The number of aromatic nitrogens is 2. The minimum Gasteiger partial charge on any atom is -0.486 e. The number of nitrogens with one attached hydrogen (secondary N) is 2. The van der Waals surface area contributed by atoms with E-state index in [4.69, 9.17) is 9.15 Å². The molecule has 2 heterocycles. The number of amides is 2. The van der Waals surface area contributed by atoms with Gasteiger partial charge in [0.1, 0.15) is 11.4 Å². The van der Waals surface area contributed by atoms with Crippen LogP contribution in [0.15, 0.2) is 22.6 Å². The highest BCUT2D eigenvalue weighted by Gasteiger charge is 2.35. The Hall–Kier alpha value is -2.90. The summed E-state index contributed by atoms with van der Waals surface area (Å²) >= 11 is 0. The fraction of sp³-hybridized carbons (Fsp3) is 0.444. The number of benzene rings is 1. The van der Waals surface area contributed by atoms with E-state index in [0.29, 0.717) is 41.6 Å². The third-order valence-electron chi connectivity index (χ3n) is 4.39. The molecule has 138 valence electrons. The van der Waals surface area contributed by atoms with Crippen molar-refractivity contribution in [2.24, 2.45) is 0 Å². The first-order valence-corrected chi connectivity index (χ1v) is 8.65. The van der Waals surface area contributed by atoms with Crippen molar-refractivity contribution in [1.82, 2.24) is 15.5 Å². The summed E-state index contributed by atoms with van der Waals surface area (Å²) < 4.78 is 11.3. The van der Waals surface area contributed by atoms with Gasteiger partial charge in [-0.3, -0.25) is 4.79 Å². The fourth-order valence-electron chi connectivity index (χ4n) is 2.68. The van der Waals surface area contributed by atoms with Gasteiger partial charge in [0, 0.05) is 12.1 Å². The molecule has 26 heavy (non-hydrogen) atoms. The van der Waals surface area contributed by atoms with E-state index in [1.54, 1.807) is 18.2 Å². The summed E-state index contributed by atoms with van der Waals surface area (Å²) in [7, 11) is 0. The molecule has 0 bridgehead atoms. The zero-order valence-electron chi connectivity index (χ0n) is 15.1. The van der Waals surface area contributed by atoms with Crippen molar-refractivity contribution in [3.8, 4) is 5.75 Å². The molecule has 1 aromatic carbocycles. The van der Waals surface area contributed by atoms with E-state index in [2.05, 4.69) is 20.8 Å². The molecule has 1 aliphatic heterocycles. The van der Waals surface area contributed by atoms with Crippen LogP contribution in [-0.2, 0) is 13.0 Å². The van der Waals surface area contributed by atoms with E-state index < -0.39 is 11.6 Å². The Labute approximate surface area is 151 Å². The van der Waals surface area contributed by atoms with Gasteiger partial charge >= 0.3 is 6.03 Å². The molecule has 0 spiro atoms. The van der Waals surface area contributed by atoms with Crippen molar-refractivity contribution in [1.29, 1.82) is 0 Å². The Morgan fingerprint density at radius 1 is 1.27 bits per heavy atom. The first-order chi connectivity index (χ1) is 12.4. The van der Waals surface area contributed by atoms with Crippen molar-refractivity contribution in [2.45, 2.75) is 52.2 Å². The van der Waals surface area contributed by atoms with Crippen LogP contribution in [0.3, 0.4) is 0 Å². The number of hydrogen-bond acceptors (Lipinski definition) is 6. The van der Waals surface area contributed by atoms with E-state index in [9.17, 15) is 9.59 Å². The number of urea groups is 1. The lowest BCUT2D eigenvalue weighted by Gasteiger charge is -2.34. The summed E-state index contributed by atoms with van der Waals surface area (Å²) in [5.41, 5.74) is 0.522. The number of ketones is 1. The standard InChI is InChI=1S/C18H22N4O4/c1-4-15-21-22-16(25-15)10-19-17(24)20-11-6-7-14-12(8-11)13(23)9-18(3,5-2)26-14/h6-8H,4-5,9-10H2,1-3H3,(H2,19,20,24)/t18-/m0/s1. The molecule has 0 saturated carbocycles. The molecule has 2 aromatic rings. The average Bonchev–Trinajstić information content (AvgIpc) is 3.09. The second-order valence-corrected chi connectivity index (χ2v) is 6.47. The van der Waals surface area contributed by atoms with Gasteiger partial charge in [0.05, 0.1) is 18.5 Å². The topological polar surface area (TPSA) is 106 Å². The van der Waals surface area contributed by atoms with Crippen LogP contribution in [-0.4, -0.2) is 27.6 Å². The van der Waals surface area contributed by atoms with Crippen LogP contribution in [0, 0.1) is 0 Å². The zero-order valence-corrected chi connectivity index (χ0v) is 15.1. The Bertz CT molecular complexity index is 832. The number of carbonyl (C=O) groups excluding carboxylic acids is 2. The molecule has 8 nitrogen and oxygen atoms in total. The summed E-state index contributed by atoms with van der Waals surface area (Å²) in [5.74, 6) is 1.42. The Morgan fingerprint density at radius 2 is 2.04 bits per heavy atom. The van der Waals surface area contributed by atoms with E-state index in [1.807, 2.05) is 20.8 Å². The molecular formula is C18H22N4O4. The second-order valence-electron chi connectivity index (χ2n) is 6.47. The largest absolute Gasteiger partial charge is 0.486 e. The minimum absolute atomic E-state index is 0.0117. The molecule has 8 heteroatoms. The highest BCUT2D eigenvalue weighted by atomic mass is 16.5. The van der Waals surface area contributed by atoms with E-state index >= 15 is 0 Å². The number of ether oxygens (including phenoxy) is 1. The lowest BCUT2D eigenvalue weighted by Crippen LogP contribution is -2.38. The van der Waals surface area contributed by atoms with Crippen LogP contribution >= 0.6 is 0 Å². The summed E-state index contributed by atoms with van der Waals surface area (Å²) in [5, 5.41) is 13.0. The predicted molar refractivity (Wildman–Crippen MR) is 94.2 cm³/mol. The maximum Gasteiger partial charge on any atom is 0.319 e. The number of anilines is 1. The average molecular weight is 358 g/mol. The molecular weight excluding hydrogens is 336 g/mol. The SMILES string of the molecule is CCc1nnc(CNC(=O)Nc2ccc3c(c2)C(=O)C[C@](C)(CC)O3)o1. The van der Waals surface area contributed by atoms with Crippen molar-refractivity contribution in [3.63, 3.8) is 0 Å². The number of hydrogen-bond donors (Lipinski definition) is 2. The zero-order chi connectivity index (χ0) is 18.7. The lowest BCUT2D eigenvalue weighted by atomic mass is 9.89. The quantitative estimate of drug-likeness (QED) is 0.851.